The fraction of sp³-hybridized carbons (Fsp3) is 0.273. The first-order valence-electron chi connectivity index (χ1n) is 4.98. The van der Waals surface area contributed by atoms with Crippen LogP contribution in [0.25, 0.3) is 10.9 Å². The minimum absolute atomic E-state index is 0.0427. The highest BCUT2D eigenvalue weighted by Crippen LogP contribution is 2.34. The fourth-order valence-corrected chi connectivity index (χ4v) is 2.25. The Morgan fingerprint density at radius 2 is 2.29 bits per heavy atom. The molecule has 0 aliphatic rings. The average Bonchev–Trinajstić information content (AvgIpc) is 2.72. The second-order valence-electron chi connectivity index (χ2n) is 3.28. The maximum Gasteiger partial charge on any atom is 0.377 e. The SMILES string of the molecule is CCOC(=O)c1onc2c(C(Br)Br)cccc12. The summed E-state index contributed by atoms with van der Waals surface area (Å²) in [6.07, 6.45) is 0. The van der Waals surface area contributed by atoms with Crippen LogP contribution in [0.5, 0.6) is 0 Å². The number of carbonyl (C=O) groups excluding carboxylic acids is 1. The van der Waals surface area contributed by atoms with E-state index in [-0.39, 0.29) is 9.50 Å². The van der Waals surface area contributed by atoms with Gasteiger partial charge in [0.15, 0.2) is 0 Å². The first-order valence-corrected chi connectivity index (χ1v) is 6.81. The predicted octanol–water partition coefficient (Wildman–Crippen LogP) is 3.79. The molecule has 1 aromatic heterocycles. The largest absolute Gasteiger partial charge is 0.460 e. The summed E-state index contributed by atoms with van der Waals surface area (Å²) in [6, 6.07) is 5.52. The molecular weight excluding hydrogens is 354 g/mol. The third-order valence-corrected chi connectivity index (χ3v) is 3.22. The number of aromatic nitrogens is 1. The molecule has 4 nitrogen and oxygen atoms in total. The van der Waals surface area contributed by atoms with E-state index < -0.39 is 5.97 Å². The third kappa shape index (κ3) is 2.37. The van der Waals surface area contributed by atoms with Gasteiger partial charge in [-0.15, -0.1) is 0 Å². The summed E-state index contributed by atoms with van der Waals surface area (Å²) in [5.74, 6) is -0.350. The van der Waals surface area contributed by atoms with Gasteiger partial charge in [-0.25, -0.2) is 4.79 Å². The lowest BCUT2D eigenvalue weighted by Crippen LogP contribution is -2.03. The fourth-order valence-electron chi connectivity index (χ4n) is 1.51. The Kier molecular flexibility index (Phi) is 3.83. The van der Waals surface area contributed by atoms with Crippen LogP contribution < -0.4 is 0 Å². The maximum atomic E-state index is 11.6. The molecule has 0 atom stereocenters. The molecular formula is C11H9Br2NO3. The molecule has 2 aromatic rings. The van der Waals surface area contributed by atoms with Gasteiger partial charge in [-0.3, -0.25) is 0 Å². The Morgan fingerprint density at radius 1 is 1.53 bits per heavy atom. The standard InChI is InChI=1S/C11H9Br2NO3/c1-2-16-11(15)9-6-4-3-5-7(10(12)13)8(6)14-17-9/h3-5,10H,2H2,1H3. The Morgan fingerprint density at radius 3 is 2.94 bits per heavy atom. The van der Waals surface area contributed by atoms with Gasteiger partial charge in [0.25, 0.3) is 5.76 Å². The van der Waals surface area contributed by atoms with Gasteiger partial charge in [-0.1, -0.05) is 49.1 Å². The van der Waals surface area contributed by atoms with Gasteiger partial charge in [0, 0.05) is 5.56 Å². The molecule has 1 heterocycles. The summed E-state index contributed by atoms with van der Waals surface area (Å²) in [5.41, 5.74) is 1.55. The van der Waals surface area contributed by atoms with Crippen LogP contribution in [0.1, 0.15) is 26.8 Å². The van der Waals surface area contributed by atoms with Gasteiger partial charge >= 0.3 is 5.97 Å². The van der Waals surface area contributed by atoms with Gasteiger partial charge in [0.1, 0.15) is 5.52 Å². The lowest BCUT2D eigenvalue weighted by Gasteiger charge is -2.01. The van der Waals surface area contributed by atoms with Crippen LogP contribution in [0.4, 0.5) is 0 Å². The topological polar surface area (TPSA) is 52.3 Å². The zero-order valence-electron chi connectivity index (χ0n) is 8.94. The molecule has 6 heteroatoms. The molecule has 90 valence electrons. The molecule has 0 saturated carbocycles. The van der Waals surface area contributed by atoms with Crippen molar-refractivity contribution in [2.24, 2.45) is 0 Å². The molecule has 0 unspecified atom stereocenters. The predicted molar refractivity (Wildman–Crippen MR) is 70.6 cm³/mol. The first-order chi connectivity index (χ1) is 8.15. The van der Waals surface area contributed by atoms with Crippen LogP contribution >= 0.6 is 31.9 Å². The molecule has 1 aromatic carbocycles. The Labute approximate surface area is 115 Å². The van der Waals surface area contributed by atoms with E-state index in [1.807, 2.05) is 12.1 Å². The van der Waals surface area contributed by atoms with Crippen molar-refractivity contribution in [3.8, 4) is 0 Å². The van der Waals surface area contributed by atoms with Crippen LogP contribution in [0.15, 0.2) is 22.7 Å². The van der Waals surface area contributed by atoms with Crippen molar-refractivity contribution in [1.29, 1.82) is 0 Å². The number of carbonyl (C=O) groups is 1. The van der Waals surface area contributed by atoms with Crippen LogP contribution in [0.2, 0.25) is 0 Å². The van der Waals surface area contributed by atoms with Crippen LogP contribution in [-0.4, -0.2) is 17.7 Å². The molecule has 0 bridgehead atoms. The minimum Gasteiger partial charge on any atom is -0.460 e. The Hall–Kier alpha value is -0.880. The zero-order chi connectivity index (χ0) is 12.4. The van der Waals surface area contributed by atoms with Gasteiger partial charge < -0.3 is 9.26 Å². The highest BCUT2D eigenvalue weighted by atomic mass is 79.9. The summed E-state index contributed by atoms with van der Waals surface area (Å²) in [4.78, 5) is 11.6. The second-order valence-corrected chi connectivity index (χ2v) is 6.34. The summed E-state index contributed by atoms with van der Waals surface area (Å²) in [5, 5.41) is 4.56. The number of benzene rings is 1. The van der Waals surface area contributed by atoms with E-state index in [1.54, 1.807) is 13.0 Å². The first kappa shape index (κ1) is 12.6. The molecule has 0 aliphatic carbocycles. The van der Waals surface area contributed by atoms with Crippen molar-refractivity contribution in [1.82, 2.24) is 5.16 Å². The van der Waals surface area contributed by atoms with Crippen LogP contribution in [-0.2, 0) is 4.74 Å². The molecule has 17 heavy (non-hydrogen) atoms. The summed E-state index contributed by atoms with van der Waals surface area (Å²) < 4.78 is 9.91. The highest BCUT2D eigenvalue weighted by Gasteiger charge is 2.20. The van der Waals surface area contributed by atoms with E-state index in [9.17, 15) is 4.79 Å². The van der Waals surface area contributed by atoms with Crippen molar-refractivity contribution >= 4 is 48.7 Å². The smallest absolute Gasteiger partial charge is 0.377 e. The van der Waals surface area contributed by atoms with E-state index in [1.165, 1.54) is 0 Å². The third-order valence-electron chi connectivity index (χ3n) is 2.24. The monoisotopic (exact) mass is 361 g/mol. The Balaban J connectivity index is 2.55. The van der Waals surface area contributed by atoms with Crippen LogP contribution in [0, 0.1) is 0 Å². The molecule has 2 rings (SSSR count). The molecule has 0 amide bonds. The zero-order valence-corrected chi connectivity index (χ0v) is 12.1. The maximum absolute atomic E-state index is 11.6. The van der Waals surface area contributed by atoms with Crippen LogP contribution in [0.3, 0.4) is 0 Å². The normalized spacial score (nSPS) is 11.1. The Bertz CT molecular complexity index is 551. The van der Waals surface area contributed by atoms with E-state index in [0.29, 0.717) is 17.5 Å². The van der Waals surface area contributed by atoms with Crippen molar-refractivity contribution < 1.29 is 14.1 Å². The van der Waals surface area contributed by atoms with E-state index in [4.69, 9.17) is 9.26 Å². The van der Waals surface area contributed by atoms with Gasteiger partial charge in [0.2, 0.25) is 0 Å². The number of hydrogen-bond donors (Lipinski definition) is 0. The molecule has 0 saturated heterocycles. The molecule has 0 spiro atoms. The number of fused-ring (bicyclic) bond motifs is 1. The van der Waals surface area contributed by atoms with Gasteiger partial charge in [-0.05, 0) is 13.0 Å². The number of hydrogen-bond acceptors (Lipinski definition) is 4. The van der Waals surface area contributed by atoms with Gasteiger partial charge in [0.05, 0.1) is 15.7 Å². The number of nitrogens with zero attached hydrogens (tertiary/aromatic N) is 1. The second kappa shape index (κ2) is 5.18. The lowest BCUT2D eigenvalue weighted by molar-refractivity contribution is 0.0483. The van der Waals surface area contributed by atoms with E-state index in [0.717, 1.165) is 5.56 Å². The summed E-state index contributed by atoms with van der Waals surface area (Å²) >= 11 is 6.80. The van der Waals surface area contributed by atoms with E-state index in [2.05, 4.69) is 37.0 Å². The molecule has 0 aliphatic heterocycles. The molecule has 0 N–H and O–H groups in total. The quantitative estimate of drug-likeness (QED) is 0.615. The lowest BCUT2D eigenvalue weighted by atomic mass is 10.1. The van der Waals surface area contributed by atoms with Crippen molar-refractivity contribution in [2.75, 3.05) is 6.61 Å². The van der Waals surface area contributed by atoms with Crippen molar-refractivity contribution in [3.63, 3.8) is 0 Å². The van der Waals surface area contributed by atoms with Crippen molar-refractivity contribution in [3.05, 3.63) is 29.5 Å². The van der Waals surface area contributed by atoms with E-state index >= 15 is 0 Å². The number of esters is 1. The summed E-state index contributed by atoms with van der Waals surface area (Å²) in [7, 11) is 0. The highest BCUT2D eigenvalue weighted by molar-refractivity contribution is 9.24. The number of rotatable bonds is 3. The molecule has 0 fully saturated rings. The molecule has 0 radical (unpaired) electrons. The number of halogens is 2. The minimum atomic E-state index is -0.493. The number of alkyl halides is 2. The average molecular weight is 363 g/mol. The number of ether oxygens (including phenoxy) is 1. The van der Waals surface area contributed by atoms with Crippen molar-refractivity contribution in [2.45, 2.75) is 10.7 Å². The van der Waals surface area contributed by atoms with Gasteiger partial charge in [-0.2, -0.15) is 0 Å². The summed E-state index contributed by atoms with van der Waals surface area (Å²) in [6.45, 7) is 2.05.